The Labute approximate surface area is 155 Å². The molecule has 0 unspecified atom stereocenters. The Bertz CT molecular complexity index is 1010. The highest BCUT2D eigenvalue weighted by atomic mass is 32.1. The van der Waals surface area contributed by atoms with E-state index in [2.05, 4.69) is 46.9 Å². The minimum atomic E-state index is 0.824. The zero-order chi connectivity index (χ0) is 17.9. The van der Waals surface area contributed by atoms with E-state index >= 15 is 0 Å². The normalized spacial score (nSPS) is 10.7. The Morgan fingerprint density at radius 1 is 1.12 bits per heavy atom. The summed E-state index contributed by atoms with van der Waals surface area (Å²) >= 11 is 1.59. The predicted octanol–water partition coefficient (Wildman–Crippen LogP) is 5.06. The number of imidazole rings is 1. The number of aryl methyl sites for hydroxylation is 1. The molecule has 4 rings (SSSR count). The summed E-state index contributed by atoms with van der Waals surface area (Å²) in [4.78, 5) is 8.79. The molecule has 2 aromatic heterocycles. The van der Waals surface area contributed by atoms with Crippen LogP contribution in [0.1, 0.15) is 5.56 Å². The third kappa shape index (κ3) is 3.32. The molecule has 2 aromatic carbocycles. The molecule has 0 atom stereocenters. The first-order chi connectivity index (χ1) is 12.7. The van der Waals surface area contributed by atoms with Crippen LogP contribution in [0.3, 0.4) is 0 Å². The van der Waals surface area contributed by atoms with Gasteiger partial charge < -0.3 is 14.6 Å². The number of thiazole rings is 1. The number of anilines is 2. The molecule has 1 N–H and O–H groups in total. The van der Waals surface area contributed by atoms with Crippen molar-refractivity contribution >= 4 is 22.2 Å². The lowest BCUT2D eigenvalue weighted by Gasteiger charge is -2.08. The average molecular weight is 362 g/mol. The third-order valence-electron chi connectivity index (χ3n) is 4.16. The van der Waals surface area contributed by atoms with E-state index in [4.69, 9.17) is 9.72 Å². The second kappa shape index (κ2) is 7.01. The molecular weight excluding hydrogens is 344 g/mol. The van der Waals surface area contributed by atoms with Crippen molar-refractivity contribution in [1.82, 2.24) is 14.5 Å². The van der Waals surface area contributed by atoms with Crippen LogP contribution >= 0.6 is 11.3 Å². The number of aromatic nitrogens is 3. The maximum absolute atomic E-state index is 5.30. The summed E-state index contributed by atoms with van der Waals surface area (Å²) in [5.74, 6) is 0.824. The van der Waals surface area contributed by atoms with Crippen LogP contribution in [0.2, 0.25) is 0 Å². The molecule has 0 aliphatic rings. The smallest absolute Gasteiger partial charge is 0.187 e. The highest BCUT2D eigenvalue weighted by Gasteiger charge is 2.07. The van der Waals surface area contributed by atoms with Gasteiger partial charge in [-0.25, -0.2) is 9.97 Å². The second-order valence-electron chi connectivity index (χ2n) is 5.86. The SMILES string of the molecule is COc1ccc(C)c(Nc2nc(-c3ccc(-n4ccnc4)cc3)cs2)c1. The average Bonchev–Trinajstić information content (AvgIpc) is 3.36. The van der Waals surface area contributed by atoms with E-state index < -0.39 is 0 Å². The molecule has 0 bridgehead atoms. The monoisotopic (exact) mass is 362 g/mol. The van der Waals surface area contributed by atoms with Crippen molar-refractivity contribution in [2.75, 3.05) is 12.4 Å². The molecule has 130 valence electrons. The Kier molecular flexibility index (Phi) is 4.41. The van der Waals surface area contributed by atoms with Crippen molar-refractivity contribution < 1.29 is 4.74 Å². The predicted molar refractivity (Wildman–Crippen MR) is 106 cm³/mol. The Morgan fingerprint density at radius 3 is 2.69 bits per heavy atom. The van der Waals surface area contributed by atoms with Gasteiger partial charge in [0.1, 0.15) is 5.75 Å². The molecule has 4 aromatic rings. The minimum Gasteiger partial charge on any atom is -0.497 e. The van der Waals surface area contributed by atoms with E-state index in [1.807, 2.05) is 29.0 Å². The lowest BCUT2D eigenvalue weighted by Crippen LogP contribution is -1.94. The summed E-state index contributed by atoms with van der Waals surface area (Å²) in [6, 6.07) is 14.2. The van der Waals surface area contributed by atoms with Gasteiger partial charge >= 0.3 is 0 Å². The molecule has 0 radical (unpaired) electrons. The summed E-state index contributed by atoms with van der Waals surface area (Å²) in [6.45, 7) is 2.06. The molecule has 0 aliphatic heterocycles. The van der Waals surface area contributed by atoms with Gasteiger partial charge in [0.15, 0.2) is 5.13 Å². The maximum Gasteiger partial charge on any atom is 0.187 e. The van der Waals surface area contributed by atoms with E-state index in [0.29, 0.717) is 0 Å². The fraction of sp³-hybridized carbons (Fsp3) is 0.100. The maximum atomic E-state index is 5.30. The van der Waals surface area contributed by atoms with Gasteiger partial charge in [0.25, 0.3) is 0 Å². The van der Waals surface area contributed by atoms with Crippen LogP contribution in [-0.4, -0.2) is 21.6 Å². The Balaban J connectivity index is 1.55. The van der Waals surface area contributed by atoms with Gasteiger partial charge in [0.2, 0.25) is 0 Å². The van der Waals surface area contributed by atoms with Crippen LogP contribution < -0.4 is 10.1 Å². The van der Waals surface area contributed by atoms with Crippen LogP contribution in [0, 0.1) is 6.92 Å². The van der Waals surface area contributed by atoms with E-state index in [1.165, 1.54) is 0 Å². The molecule has 5 nitrogen and oxygen atoms in total. The molecular formula is C20H18N4OS. The Hall–Kier alpha value is -3.12. The minimum absolute atomic E-state index is 0.824. The van der Waals surface area contributed by atoms with Crippen molar-refractivity contribution in [3.63, 3.8) is 0 Å². The van der Waals surface area contributed by atoms with E-state index in [-0.39, 0.29) is 0 Å². The van der Waals surface area contributed by atoms with Gasteiger partial charge in [-0.15, -0.1) is 11.3 Å². The first-order valence-electron chi connectivity index (χ1n) is 8.19. The number of hydrogen-bond donors (Lipinski definition) is 1. The standard InChI is InChI=1S/C20H18N4OS/c1-14-3-8-17(25-2)11-18(14)22-20-23-19(12-26-20)15-4-6-16(7-5-15)24-10-9-21-13-24/h3-13H,1-2H3,(H,22,23). The van der Waals surface area contributed by atoms with Crippen molar-refractivity contribution in [1.29, 1.82) is 0 Å². The number of rotatable bonds is 5. The van der Waals surface area contributed by atoms with Gasteiger partial charge in [-0.2, -0.15) is 0 Å². The number of nitrogens with zero attached hydrogens (tertiary/aromatic N) is 3. The quantitative estimate of drug-likeness (QED) is 0.539. The number of methoxy groups -OCH3 is 1. The molecule has 26 heavy (non-hydrogen) atoms. The highest BCUT2D eigenvalue weighted by molar-refractivity contribution is 7.14. The van der Waals surface area contributed by atoms with Crippen molar-refractivity contribution in [2.45, 2.75) is 6.92 Å². The van der Waals surface area contributed by atoms with Gasteiger partial charge in [0.05, 0.1) is 19.1 Å². The summed E-state index contributed by atoms with van der Waals surface area (Å²) in [7, 11) is 1.67. The van der Waals surface area contributed by atoms with Crippen molar-refractivity contribution in [3.8, 4) is 22.7 Å². The molecule has 0 fully saturated rings. The van der Waals surface area contributed by atoms with Crippen LogP contribution in [0.5, 0.6) is 5.75 Å². The topological polar surface area (TPSA) is 52.0 Å². The fourth-order valence-corrected chi connectivity index (χ4v) is 3.39. The number of hydrogen-bond acceptors (Lipinski definition) is 5. The molecule has 2 heterocycles. The lowest BCUT2D eigenvalue weighted by molar-refractivity contribution is 0.415. The van der Waals surface area contributed by atoms with E-state index in [1.54, 1.807) is 31.0 Å². The van der Waals surface area contributed by atoms with Crippen molar-refractivity contribution in [3.05, 3.63) is 72.1 Å². The van der Waals surface area contributed by atoms with Crippen LogP contribution in [-0.2, 0) is 0 Å². The largest absolute Gasteiger partial charge is 0.497 e. The van der Waals surface area contributed by atoms with Gasteiger partial charge in [-0.05, 0) is 30.7 Å². The molecule has 0 aliphatic carbocycles. The Morgan fingerprint density at radius 2 is 1.96 bits per heavy atom. The first-order valence-corrected chi connectivity index (χ1v) is 9.07. The zero-order valence-corrected chi connectivity index (χ0v) is 15.3. The summed E-state index contributed by atoms with van der Waals surface area (Å²) in [5.41, 5.74) is 5.26. The molecule has 0 saturated carbocycles. The van der Waals surface area contributed by atoms with Crippen LogP contribution in [0.4, 0.5) is 10.8 Å². The van der Waals surface area contributed by atoms with E-state index in [0.717, 1.165) is 39.1 Å². The van der Waals surface area contributed by atoms with Gasteiger partial charge in [0, 0.05) is 40.8 Å². The highest BCUT2D eigenvalue weighted by Crippen LogP contribution is 2.30. The van der Waals surface area contributed by atoms with Crippen molar-refractivity contribution in [2.24, 2.45) is 0 Å². The van der Waals surface area contributed by atoms with Crippen LogP contribution in [0.15, 0.2) is 66.6 Å². The number of benzene rings is 2. The molecule has 0 amide bonds. The molecule has 0 saturated heterocycles. The second-order valence-corrected chi connectivity index (χ2v) is 6.72. The summed E-state index contributed by atoms with van der Waals surface area (Å²) in [6.07, 6.45) is 5.49. The summed E-state index contributed by atoms with van der Waals surface area (Å²) < 4.78 is 7.28. The van der Waals surface area contributed by atoms with Gasteiger partial charge in [-0.1, -0.05) is 18.2 Å². The summed E-state index contributed by atoms with van der Waals surface area (Å²) in [5, 5.41) is 6.30. The zero-order valence-electron chi connectivity index (χ0n) is 14.5. The lowest BCUT2D eigenvalue weighted by atomic mass is 10.1. The third-order valence-corrected chi connectivity index (χ3v) is 4.91. The first kappa shape index (κ1) is 16.4. The molecule has 0 spiro atoms. The number of ether oxygens (including phenoxy) is 1. The van der Waals surface area contributed by atoms with Crippen LogP contribution in [0.25, 0.3) is 16.9 Å². The molecule has 6 heteroatoms. The van der Waals surface area contributed by atoms with Gasteiger partial charge in [-0.3, -0.25) is 0 Å². The fourth-order valence-electron chi connectivity index (χ4n) is 2.66. The number of nitrogens with one attached hydrogen (secondary N) is 1. The van der Waals surface area contributed by atoms with E-state index in [9.17, 15) is 0 Å².